The Morgan fingerprint density at radius 3 is 2.55 bits per heavy atom. The molecule has 33 heavy (non-hydrogen) atoms. The molecule has 3 N–H and O–H groups in total. The number of benzene rings is 1. The van der Waals surface area contributed by atoms with Crippen LogP contribution in [0.25, 0.3) is 10.2 Å². The molecule has 10 heteroatoms. The minimum Gasteiger partial charge on any atom is -0.392 e. The molecule has 176 valence electrons. The third kappa shape index (κ3) is 5.02. The number of anilines is 1. The van der Waals surface area contributed by atoms with Crippen LogP contribution in [0.15, 0.2) is 30.3 Å². The van der Waals surface area contributed by atoms with E-state index in [2.05, 4.69) is 15.3 Å². The number of fused-ring (bicyclic) bond motifs is 1. The highest BCUT2D eigenvalue weighted by Gasteiger charge is 2.33. The number of nitrogens with zero attached hydrogens (tertiary/aromatic N) is 2. The molecule has 0 bridgehead atoms. The Kier molecular flexibility index (Phi) is 6.19. The molecule has 6 nitrogen and oxygen atoms in total. The molecule has 2 aromatic heterocycles. The summed E-state index contributed by atoms with van der Waals surface area (Å²) in [6, 6.07) is 6.44. The van der Waals surface area contributed by atoms with Gasteiger partial charge in [-0.1, -0.05) is 18.9 Å². The fraction of sp³-hybridized carbons (Fsp3) is 0.435. The van der Waals surface area contributed by atoms with Gasteiger partial charge in [0, 0.05) is 17.2 Å². The molecule has 1 aliphatic rings. The van der Waals surface area contributed by atoms with Gasteiger partial charge in [0.1, 0.15) is 11.4 Å². The van der Waals surface area contributed by atoms with Crippen molar-refractivity contribution in [1.82, 2.24) is 9.97 Å². The summed E-state index contributed by atoms with van der Waals surface area (Å²) < 4.78 is 39.7. The minimum atomic E-state index is -4.67. The smallest absolute Gasteiger partial charge is 0.392 e. The highest BCUT2D eigenvalue weighted by atomic mass is 32.1. The van der Waals surface area contributed by atoms with Gasteiger partial charge in [0.25, 0.3) is 5.91 Å². The van der Waals surface area contributed by atoms with Gasteiger partial charge >= 0.3 is 6.18 Å². The summed E-state index contributed by atoms with van der Waals surface area (Å²) in [5, 5.41) is 24.5. The first-order chi connectivity index (χ1) is 15.4. The summed E-state index contributed by atoms with van der Waals surface area (Å²) in [6.07, 6.45) is -1.58. The maximum absolute atomic E-state index is 13.0. The topological polar surface area (TPSA) is 95.3 Å². The third-order valence-corrected chi connectivity index (χ3v) is 6.92. The molecular weight excluding hydrogens is 455 g/mol. The summed E-state index contributed by atoms with van der Waals surface area (Å²) in [4.78, 5) is 20.8. The fourth-order valence-corrected chi connectivity index (χ4v) is 5.25. The number of carbonyl (C=O) groups excluding carboxylic acids is 1. The van der Waals surface area contributed by atoms with Gasteiger partial charge in [0.15, 0.2) is 0 Å². The van der Waals surface area contributed by atoms with Gasteiger partial charge < -0.3 is 15.5 Å². The Morgan fingerprint density at radius 1 is 1.15 bits per heavy atom. The standard InChI is InChI=1S/C23H24F3N3O3S/c1-22(2,32)13-10-16-18(33-21(29-16)12-6-3-4-8-17(12)30)11-15(13)28-20(31)14-7-5-9-19(27-14)23(24,25)26/h5,7,9-12,17,30,32H,3-4,6,8H2,1-2H3,(H,28,31). The second-order valence-corrected chi connectivity index (χ2v) is 9.86. The Hall–Kier alpha value is -2.56. The van der Waals surface area contributed by atoms with Gasteiger partial charge in [-0.05, 0) is 51.0 Å². The number of hydrogen-bond acceptors (Lipinski definition) is 6. The van der Waals surface area contributed by atoms with E-state index in [0.717, 1.165) is 47.5 Å². The van der Waals surface area contributed by atoms with Gasteiger partial charge in [-0.2, -0.15) is 13.2 Å². The lowest BCUT2D eigenvalue weighted by Crippen LogP contribution is -2.22. The van der Waals surface area contributed by atoms with Crippen LogP contribution in [-0.4, -0.2) is 32.2 Å². The quantitative estimate of drug-likeness (QED) is 0.478. The van der Waals surface area contributed by atoms with E-state index in [1.165, 1.54) is 17.4 Å². The third-order valence-electron chi connectivity index (χ3n) is 5.77. The predicted molar refractivity (Wildman–Crippen MR) is 119 cm³/mol. The molecule has 1 aliphatic carbocycles. The van der Waals surface area contributed by atoms with Crippen molar-refractivity contribution in [2.75, 3.05) is 5.32 Å². The highest BCUT2D eigenvalue weighted by Crippen LogP contribution is 2.40. The number of rotatable bonds is 4. The Morgan fingerprint density at radius 2 is 1.88 bits per heavy atom. The molecule has 2 unspecified atom stereocenters. The molecule has 2 atom stereocenters. The molecule has 0 saturated heterocycles. The maximum Gasteiger partial charge on any atom is 0.433 e. The Bertz CT molecular complexity index is 1190. The monoisotopic (exact) mass is 479 g/mol. The first-order valence-corrected chi connectivity index (χ1v) is 11.5. The summed E-state index contributed by atoms with van der Waals surface area (Å²) in [5.74, 6) is -0.882. The Balaban J connectivity index is 1.71. The van der Waals surface area contributed by atoms with E-state index in [-0.39, 0.29) is 17.3 Å². The molecule has 1 amide bonds. The van der Waals surface area contributed by atoms with Gasteiger partial charge in [-0.3, -0.25) is 4.79 Å². The van der Waals surface area contributed by atoms with E-state index in [1.807, 2.05) is 0 Å². The summed E-state index contributed by atoms with van der Waals surface area (Å²) in [6.45, 7) is 3.09. The van der Waals surface area contributed by atoms with E-state index in [0.29, 0.717) is 11.1 Å². The number of pyridine rings is 1. The Labute approximate surface area is 192 Å². The number of alkyl halides is 3. The predicted octanol–water partition coefficient (Wildman–Crippen LogP) is 5.21. The van der Waals surface area contributed by atoms with Crippen LogP contribution in [0.1, 0.15) is 72.2 Å². The maximum atomic E-state index is 13.0. The lowest BCUT2D eigenvalue weighted by Gasteiger charge is -2.25. The minimum absolute atomic E-state index is 0.0610. The molecule has 1 fully saturated rings. The number of aromatic nitrogens is 2. The zero-order chi connectivity index (χ0) is 24.0. The average Bonchev–Trinajstić information content (AvgIpc) is 3.15. The lowest BCUT2D eigenvalue weighted by atomic mass is 9.87. The van der Waals surface area contributed by atoms with Crippen molar-refractivity contribution in [2.45, 2.75) is 63.3 Å². The van der Waals surface area contributed by atoms with Crippen LogP contribution in [0.5, 0.6) is 0 Å². The van der Waals surface area contributed by atoms with Crippen LogP contribution in [0.2, 0.25) is 0 Å². The number of aliphatic hydroxyl groups is 2. The van der Waals surface area contributed by atoms with Crippen molar-refractivity contribution in [1.29, 1.82) is 0 Å². The van der Waals surface area contributed by atoms with E-state index < -0.39 is 29.5 Å². The number of halogens is 3. The lowest BCUT2D eigenvalue weighted by molar-refractivity contribution is -0.141. The molecule has 0 aliphatic heterocycles. The van der Waals surface area contributed by atoms with Crippen molar-refractivity contribution >= 4 is 33.1 Å². The zero-order valence-corrected chi connectivity index (χ0v) is 18.9. The van der Waals surface area contributed by atoms with Crippen LogP contribution in [0, 0.1) is 0 Å². The van der Waals surface area contributed by atoms with Crippen molar-refractivity contribution in [3.63, 3.8) is 0 Å². The van der Waals surface area contributed by atoms with Gasteiger partial charge in [0.2, 0.25) is 0 Å². The van der Waals surface area contributed by atoms with Crippen molar-refractivity contribution in [2.24, 2.45) is 0 Å². The number of nitrogens with one attached hydrogen (secondary N) is 1. The molecule has 4 rings (SSSR count). The van der Waals surface area contributed by atoms with Gasteiger partial charge in [-0.15, -0.1) is 11.3 Å². The SMILES string of the molecule is CC(C)(O)c1cc2nc(C3CCCCC3O)sc2cc1NC(=O)c1cccc(C(F)(F)F)n1. The summed E-state index contributed by atoms with van der Waals surface area (Å²) >= 11 is 1.40. The van der Waals surface area contributed by atoms with Crippen molar-refractivity contribution < 1.29 is 28.2 Å². The van der Waals surface area contributed by atoms with E-state index >= 15 is 0 Å². The molecule has 1 saturated carbocycles. The normalized spacial score (nSPS) is 19.6. The van der Waals surface area contributed by atoms with Crippen LogP contribution in [0.4, 0.5) is 18.9 Å². The van der Waals surface area contributed by atoms with Crippen molar-refractivity contribution in [3.8, 4) is 0 Å². The molecule has 2 heterocycles. The van der Waals surface area contributed by atoms with Crippen LogP contribution in [0.3, 0.4) is 0 Å². The van der Waals surface area contributed by atoms with E-state index in [1.54, 1.807) is 26.0 Å². The first kappa shape index (κ1) is 23.6. The number of thiazole rings is 1. The number of aliphatic hydroxyl groups excluding tert-OH is 1. The molecule has 0 radical (unpaired) electrons. The van der Waals surface area contributed by atoms with Crippen molar-refractivity contribution in [3.05, 3.63) is 52.3 Å². The fourth-order valence-electron chi connectivity index (χ4n) is 4.06. The highest BCUT2D eigenvalue weighted by molar-refractivity contribution is 7.18. The van der Waals surface area contributed by atoms with E-state index in [4.69, 9.17) is 0 Å². The van der Waals surface area contributed by atoms with E-state index in [9.17, 15) is 28.2 Å². The second-order valence-electron chi connectivity index (χ2n) is 8.79. The number of amides is 1. The first-order valence-electron chi connectivity index (χ1n) is 10.6. The zero-order valence-electron chi connectivity index (χ0n) is 18.1. The summed E-state index contributed by atoms with van der Waals surface area (Å²) in [5.41, 5.74) is -1.64. The summed E-state index contributed by atoms with van der Waals surface area (Å²) in [7, 11) is 0. The van der Waals surface area contributed by atoms with Gasteiger partial charge in [0.05, 0.1) is 26.9 Å². The molecule has 1 aromatic carbocycles. The second kappa shape index (κ2) is 8.66. The van der Waals surface area contributed by atoms with Crippen LogP contribution < -0.4 is 5.32 Å². The largest absolute Gasteiger partial charge is 0.433 e. The number of carbonyl (C=O) groups is 1. The number of hydrogen-bond donors (Lipinski definition) is 3. The average molecular weight is 480 g/mol. The molecule has 3 aromatic rings. The van der Waals surface area contributed by atoms with Gasteiger partial charge in [-0.25, -0.2) is 9.97 Å². The molecular formula is C23H24F3N3O3S. The van der Waals surface area contributed by atoms with Crippen LogP contribution in [-0.2, 0) is 11.8 Å². The van der Waals surface area contributed by atoms with Crippen LogP contribution >= 0.6 is 11.3 Å². The molecule has 0 spiro atoms.